The highest BCUT2D eigenvalue weighted by Crippen LogP contribution is 2.41. The zero-order chi connectivity index (χ0) is 13.9. The molecule has 1 fully saturated rings. The summed E-state index contributed by atoms with van der Waals surface area (Å²) in [6.07, 6.45) is 5.38. The third-order valence-electron chi connectivity index (χ3n) is 3.74. The van der Waals surface area contributed by atoms with E-state index in [9.17, 15) is 0 Å². The van der Waals surface area contributed by atoms with E-state index < -0.39 is 5.79 Å². The maximum Gasteiger partial charge on any atom is 0.172 e. The lowest BCUT2D eigenvalue weighted by Gasteiger charge is -2.35. The van der Waals surface area contributed by atoms with Crippen molar-refractivity contribution in [1.29, 1.82) is 0 Å². The first kappa shape index (κ1) is 14.4. The van der Waals surface area contributed by atoms with Crippen LogP contribution in [0.15, 0.2) is 36.2 Å². The fourth-order valence-corrected chi connectivity index (χ4v) is 2.91. The third-order valence-corrected chi connectivity index (χ3v) is 3.74. The van der Waals surface area contributed by atoms with Crippen LogP contribution in [0.3, 0.4) is 0 Å². The van der Waals surface area contributed by atoms with Gasteiger partial charge in [0.25, 0.3) is 0 Å². The van der Waals surface area contributed by atoms with Crippen molar-refractivity contribution < 1.29 is 9.47 Å². The molecule has 0 unspecified atom stereocenters. The maximum absolute atomic E-state index is 5.84. The quantitative estimate of drug-likeness (QED) is 0.823. The lowest BCUT2D eigenvalue weighted by atomic mass is 9.84. The van der Waals surface area contributed by atoms with Crippen molar-refractivity contribution in [2.24, 2.45) is 5.92 Å². The Morgan fingerprint density at radius 1 is 1.42 bits per heavy atom. The highest BCUT2D eigenvalue weighted by atomic mass is 16.7. The molecule has 1 aliphatic carbocycles. The minimum Gasteiger partial charge on any atom is -0.365 e. The molecule has 0 radical (unpaired) electrons. The Kier molecular flexibility index (Phi) is 4.48. The first-order chi connectivity index (χ1) is 9.06. The number of hydrogen-bond acceptors (Lipinski definition) is 3. The van der Waals surface area contributed by atoms with Crippen molar-refractivity contribution in [3.63, 3.8) is 0 Å². The molecular weight excluding hydrogens is 238 g/mol. The van der Waals surface area contributed by atoms with Gasteiger partial charge in [0.15, 0.2) is 5.79 Å². The molecule has 3 nitrogen and oxygen atoms in total. The summed E-state index contributed by atoms with van der Waals surface area (Å²) in [6.45, 7) is 13.9. The fourth-order valence-electron chi connectivity index (χ4n) is 2.91. The van der Waals surface area contributed by atoms with Crippen molar-refractivity contribution in [1.82, 2.24) is 5.32 Å². The van der Waals surface area contributed by atoms with Gasteiger partial charge in [0.2, 0.25) is 0 Å². The fraction of sp³-hybridized carbons (Fsp3) is 0.625. The normalized spacial score (nSPS) is 22.1. The van der Waals surface area contributed by atoms with Crippen LogP contribution in [0.5, 0.6) is 0 Å². The number of allylic oxidation sites excluding steroid dienone is 2. The second-order valence-corrected chi connectivity index (χ2v) is 5.79. The topological polar surface area (TPSA) is 30.5 Å². The standard InChI is InChI=1S/C16H25NO2/c1-5-17-15-6-7-16(18-8-9-19-16)11-14(15)13(4)10-12(2)3/h5,12,17H,1,4,6-11H2,2-3H3. The molecule has 1 N–H and O–H groups in total. The summed E-state index contributed by atoms with van der Waals surface area (Å²) in [4.78, 5) is 0. The Morgan fingerprint density at radius 3 is 2.68 bits per heavy atom. The van der Waals surface area contributed by atoms with Crippen LogP contribution in [0, 0.1) is 5.92 Å². The second kappa shape index (κ2) is 5.93. The van der Waals surface area contributed by atoms with Crippen molar-refractivity contribution in [3.8, 4) is 0 Å². The van der Waals surface area contributed by atoms with Gasteiger partial charge in [-0.3, -0.25) is 0 Å². The summed E-state index contributed by atoms with van der Waals surface area (Å²) in [5, 5.41) is 3.27. The van der Waals surface area contributed by atoms with Gasteiger partial charge >= 0.3 is 0 Å². The van der Waals surface area contributed by atoms with Gasteiger partial charge in [-0.1, -0.05) is 27.0 Å². The molecule has 0 bridgehead atoms. The first-order valence-electron chi connectivity index (χ1n) is 7.12. The van der Waals surface area contributed by atoms with Crippen LogP contribution < -0.4 is 5.32 Å². The van der Waals surface area contributed by atoms with E-state index in [1.807, 2.05) is 0 Å². The Balaban J connectivity index is 2.20. The lowest BCUT2D eigenvalue weighted by Crippen LogP contribution is -2.35. The maximum atomic E-state index is 5.84. The molecule has 1 heterocycles. The van der Waals surface area contributed by atoms with Crippen LogP contribution in [0.2, 0.25) is 0 Å². The molecule has 2 aliphatic rings. The van der Waals surface area contributed by atoms with Crippen LogP contribution in [0.4, 0.5) is 0 Å². The lowest BCUT2D eigenvalue weighted by molar-refractivity contribution is -0.163. The van der Waals surface area contributed by atoms with Gasteiger partial charge in [0.05, 0.1) is 13.2 Å². The van der Waals surface area contributed by atoms with E-state index in [1.54, 1.807) is 6.20 Å². The van der Waals surface area contributed by atoms with Gasteiger partial charge in [-0.25, -0.2) is 0 Å². The zero-order valence-electron chi connectivity index (χ0n) is 12.1. The zero-order valence-corrected chi connectivity index (χ0v) is 12.1. The van der Waals surface area contributed by atoms with E-state index in [1.165, 1.54) is 16.8 Å². The van der Waals surface area contributed by atoms with Gasteiger partial charge in [0, 0.05) is 18.5 Å². The van der Waals surface area contributed by atoms with Gasteiger partial charge in [-0.05, 0) is 36.1 Å². The van der Waals surface area contributed by atoms with Crippen LogP contribution in [-0.2, 0) is 9.47 Å². The molecule has 106 valence electrons. The molecule has 0 aromatic carbocycles. The van der Waals surface area contributed by atoms with Crippen LogP contribution >= 0.6 is 0 Å². The van der Waals surface area contributed by atoms with E-state index in [4.69, 9.17) is 9.47 Å². The highest BCUT2D eigenvalue weighted by molar-refractivity contribution is 5.36. The van der Waals surface area contributed by atoms with Crippen molar-refractivity contribution in [2.45, 2.75) is 45.3 Å². The molecule has 2 rings (SSSR count). The molecule has 0 amide bonds. The van der Waals surface area contributed by atoms with Gasteiger partial charge in [-0.2, -0.15) is 0 Å². The Labute approximate surface area is 116 Å². The molecule has 0 saturated carbocycles. The smallest absolute Gasteiger partial charge is 0.172 e. The molecule has 19 heavy (non-hydrogen) atoms. The van der Waals surface area contributed by atoms with E-state index in [0.717, 1.165) is 25.7 Å². The summed E-state index contributed by atoms with van der Waals surface area (Å²) in [7, 11) is 0. The number of hydrogen-bond donors (Lipinski definition) is 1. The van der Waals surface area contributed by atoms with E-state index in [2.05, 4.69) is 32.3 Å². The summed E-state index contributed by atoms with van der Waals surface area (Å²) < 4.78 is 11.7. The molecule has 1 spiro atoms. The molecule has 0 aromatic heterocycles. The summed E-state index contributed by atoms with van der Waals surface area (Å²) in [5.41, 5.74) is 3.68. The second-order valence-electron chi connectivity index (χ2n) is 5.79. The minimum atomic E-state index is -0.401. The highest BCUT2D eigenvalue weighted by Gasteiger charge is 2.41. The van der Waals surface area contributed by atoms with E-state index >= 15 is 0 Å². The molecule has 1 saturated heterocycles. The molecule has 0 atom stereocenters. The van der Waals surface area contributed by atoms with Gasteiger partial charge in [0.1, 0.15) is 0 Å². The average molecular weight is 263 g/mol. The molecule has 0 aromatic rings. The van der Waals surface area contributed by atoms with Crippen molar-refractivity contribution >= 4 is 0 Å². The number of rotatable bonds is 5. The summed E-state index contributed by atoms with van der Waals surface area (Å²) in [5.74, 6) is 0.204. The van der Waals surface area contributed by atoms with Crippen molar-refractivity contribution in [2.75, 3.05) is 13.2 Å². The Bertz CT molecular complexity index is 390. The predicted octanol–water partition coefficient (Wildman–Crippen LogP) is 3.50. The Morgan fingerprint density at radius 2 is 2.11 bits per heavy atom. The first-order valence-corrected chi connectivity index (χ1v) is 7.12. The third kappa shape index (κ3) is 3.28. The minimum absolute atomic E-state index is 0.401. The van der Waals surface area contributed by atoms with E-state index in [0.29, 0.717) is 19.1 Å². The van der Waals surface area contributed by atoms with Crippen LogP contribution in [0.25, 0.3) is 0 Å². The van der Waals surface area contributed by atoms with Crippen LogP contribution in [0.1, 0.15) is 39.5 Å². The Hall–Kier alpha value is -1.06. The number of ether oxygens (including phenoxy) is 2. The molecule has 1 aliphatic heterocycles. The SMILES string of the molecule is C=CNC1=C(C(=C)CC(C)C)CC2(CC1)OCCO2. The summed E-state index contributed by atoms with van der Waals surface area (Å²) >= 11 is 0. The van der Waals surface area contributed by atoms with Gasteiger partial charge < -0.3 is 14.8 Å². The van der Waals surface area contributed by atoms with E-state index in [-0.39, 0.29) is 0 Å². The number of nitrogens with one attached hydrogen (secondary N) is 1. The predicted molar refractivity (Wildman–Crippen MR) is 77.4 cm³/mol. The monoisotopic (exact) mass is 263 g/mol. The van der Waals surface area contributed by atoms with Gasteiger partial charge in [-0.15, -0.1) is 0 Å². The molecular formula is C16H25NO2. The average Bonchev–Trinajstić information content (AvgIpc) is 2.79. The molecule has 3 heteroatoms. The largest absolute Gasteiger partial charge is 0.365 e. The van der Waals surface area contributed by atoms with Crippen molar-refractivity contribution in [3.05, 3.63) is 36.2 Å². The summed E-state index contributed by atoms with van der Waals surface area (Å²) in [6, 6.07) is 0. The van der Waals surface area contributed by atoms with Crippen LogP contribution in [-0.4, -0.2) is 19.0 Å².